The smallest absolute Gasteiger partial charge is 0.123 e. The van der Waals surface area contributed by atoms with E-state index in [9.17, 15) is 0 Å². The monoisotopic (exact) mass is 292 g/mol. The second-order valence-corrected chi connectivity index (χ2v) is 7.71. The predicted octanol–water partition coefficient (Wildman–Crippen LogP) is 5.51. The van der Waals surface area contributed by atoms with Gasteiger partial charge in [0.15, 0.2) is 0 Å². The first-order valence-electron chi connectivity index (χ1n) is 7.91. The van der Waals surface area contributed by atoms with Gasteiger partial charge in [-0.1, -0.05) is 38.8 Å². The number of rotatable bonds is 2. The molecule has 3 unspecified atom stereocenters. The Balaban J connectivity index is 1.84. The number of fused-ring (bicyclic) bond motifs is 1. The molecule has 0 bridgehead atoms. The van der Waals surface area contributed by atoms with Crippen LogP contribution in [0.5, 0.6) is 5.75 Å². The molecule has 1 nitrogen and oxygen atoms in total. The molecule has 1 heterocycles. The van der Waals surface area contributed by atoms with Gasteiger partial charge < -0.3 is 4.74 Å². The molecule has 2 heteroatoms. The number of hydrogen-bond donors (Lipinski definition) is 0. The summed E-state index contributed by atoms with van der Waals surface area (Å²) >= 11 is 6.87. The molecular formula is C18H25ClO. The maximum Gasteiger partial charge on any atom is 0.123 e. The van der Waals surface area contributed by atoms with E-state index in [1.807, 2.05) is 0 Å². The second kappa shape index (κ2) is 5.26. The Morgan fingerprint density at radius 1 is 1.30 bits per heavy atom. The van der Waals surface area contributed by atoms with Crippen molar-refractivity contribution in [3.63, 3.8) is 0 Å². The molecule has 0 radical (unpaired) electrons. The lowest BCUT2D eigenvalue weighted by Crippen LogP contribution is -2.30. The minimum atomic E-state index is 0.131. The minimum absolute atomic E-state index is 0.131. The van der Waals surface area contributed by atoms with Crippen LogP contribution in [0.25, 0.3) is 0 Å². The molecule has 0 spiro atoms. The van der Waals surface area contributed by atoms with Crippen LogP contribution < -0.4 is 4.74 Å². The molecule has 1 saturated carbocycles. The third-order valence-corrected chi connectivity index (χ3v) is 5.74. The molecule has 1 aliphatic heterocycles. The average molecular weight is 293 g/mol. The molecule has 110 valence electrons. The predicted molar refractivity (Wildman–Crippen MR) is 84.6 cm³/mol. The standard InChI is InChI=1S/C18H25ClO/c1-12-10-14-11-13(7-8-16(14)20-12)17(19)15-6-4-5-9-18(15,2)3/h7-8,11-12,15,17H,4-6,9-10H2,1-3H3. The minimum Gasteiger partial charge on any atom is -0.490 e. The molecule has 0 saturated heterocycles. The first kappa shape index (κ1) is 14.3. The van der Waals surface area contributed by atoms with Crippen molar-refractivity contribution in [2.75, 3.05) is 0 Å². The topological polar surface area (TPSA) is 9.23 Å². The molecule has 1 aromatic carbocycles. The van der Waals surface area contributed by atoms with Crippen molar-refractivity contribution in [3.05, 3.63) is 29.3 Å². The lowest BCUT2D eigenvalue weighted by molar-refractivity contribution is 0.133. The number of alkyl halides is 1. The Bertz CT molecular complexity index is 494. The van der Waals surface area contributed by atoms with Gasteiger partial charge in [-0.3, -0.25) is 0 Å². The van der Waals surface area contributed by atoms with Gasteiger partial charge in [-0.25, -0.2) is 0 Å². The molecule has 0 N–H and O–H groups in total. The lowest BCUT2D eigenvalue weighted by Gasteiger charge is -2.41. The van der Waals surface area contributed by atoms with Crippen molar-refractivity contribution in [1.82, 2.24) is 0 Å². The largest absolute Gasteiger partial charge is 0.490 e. The summed E-state index contributed by atoms with van der Waals surface area (Å²) in [7, 11) is 0. The van der Waals surface area contributed by atoms with Crippen LogP contribution in [0.4, 0.5) is 0 Å². The van der Waals surface area contributed by atoms with E-state index in [1.165, 1.54) is 36.8 Å². The zero-order valence-corrected chi connectivity index (χ0v) is 13.5. The Hall–Kier alpha value is -0.690. The van der Waals surface area contributed by atoms with Gasteiger partial charge in [0.05, 0.1) is 5.38 Å². The van der Waals surface area contributed by atoms with Crippen LogP contribution in [0.1, 0.15) is 63.0 Å². The van der Waals surface area contributed by atoms with E-state index in [4.69, 9.17) is 16.3 Å². The zero-order chi connectivity index (χ0) is 14.3. The van der Waals surface area contributed by atoms with Gasteiger partial charge in [-0.15, -0.1) is 11.6 Å². The normalized spacial score (nSPS) is 29.6. The number of hydrogen-bond acceptors (Lipinski definition) is 1. The molecule has 1 aliphatic carbocycles. The molecule has 1 aromatic rings. The maximum absolute atomic E-state index is 6.87. The van der Waals surface area contributed by atoms with Crippen LogP contribution in [0.3, 0.4) is 0 Å². The number of benzene rings is 1. The van der Waals surface area contributed by atoms with Crippen LogP contribution >= 0.6 is 11.6 Å². The fourth-order valence-electron chi connectivity index (χ4n) is 3.91. The molecule has 20 heavy (non-hydrogen) atoms. The van der Waals surface area contributed by atoms with E-state index in [0.29, 0.717) is 17.4 Å². The quantitative estimate of drug-likeness (QED) is 0.653. The maximum atomic E-state index is 6.87. The second-order valence-electron chi connectivity index (χ2n) is 7.24. The summed E-state index contributed by atoms with van der Waals surface area (Å²) in [6, 6.07) is 6.56. The van der Waals surface area contributed by atoms with Gasteiger partial charge in [-0.2, -0.15) is 0 Å². The van der Waals surface area contributed by atoms with E-state index < -0.39 is 0 Å². The average Bonchev–Trinajstić information content (AvgIpc) is 2.76. The summed E-state index contributed by atoms with van der Waals surface area (Å²) in [5.74, 6) is 1.63. The molecule has 3 rings (SSSR count). The van der Waals surface area contributed by atoms with Gasteiger partial charge in [0.2, 0.25) is 0 Å². The molecular weight excluding hydrogens is 268 g/mol. The Morgan fingerprint density at radius 3 is 2.85 bits per heavy atom. The van der Waals surface area contributed by atoms with E-state index in [0.717, 1.165) is 12.2 Å². The third kappa shape index (κ3) is 2.57. The summed E-state index contributed by atoms with van der Waals surface area (Å²) in [6.07, 6.45) is 6.54. The summed E-state index contributed by atoms with van der Waals surface area (Å²) in [5.41, 5.74) is 2.96. The highest BCUT2D eigenvalue weighted by Gasteiger charge is 2.37. The van der Waals surface area contributed by atoms with Crippen molar-refractivity contribution in [1.29, 1.82) is 0 Å². The van der Waals surface area contributed by atoms with Crippen molar-refractivity contribution in [2.24, 2.45) is 11.3 Å². The number of ether oxygens (including phenoxy) is 1. The van der Waals surface area contributed by atoms with Gasteiger partial charge >= 0.3 is 0 Å². The van der Waals surface area contributed by atoms with Gasteiger partial charge in [0.25, 0.3) is 0 Å². The van der Waals surface area contributed by atoms with E-state index >= 15 is 0 Å². The first-order valence-corrected chi connectivity index (χ1v) is 8.34. The van der Waals surface area contributed by atoms with Gasteiger partial charge in [0.1, 0.15) is 11.9 Å². The molecule has 2 aliphatic rings. The van der Waals surface area contributed by atoms with Crippen molar-refractivity contribution < 1.29 is 4.74 Å². The van der Waals surface area contributed by atoms with Crippen molar-refractivity contribution in [3.8, 4) is 5.75 Å². The summed E-state index contributed by atoms with van der Waals surface area (Å²) in [6.45, 7) is 6.89. The zero-order valence-electron chi connectivity index (χ0n) is 12.8. The SMILES string of the molecule is CC1Cc2cc(C(Cl)C3CCCCC3(C)C)ccc2O1. The molecule has 0 amide bonds. The van der Waals surface area contributed by atoms with Gasteiger partial charge in [-0.05, 0) is 48.3 Å². The Kier molecular flexibility index (Phi) is 3.75. The van der Waals surface area contributed by atoms with Crippen LogP contribution in [0.15, 0.2) is 18.2 Å². The lowest BCUT2D eigenvalue weighted by atomic mass is 9.66. The molecule has 0 aromatic heterocycles. The fraction of sp³-hybridized carbons (Fsp3) is 0.667. The Labute approximate surface area is 127 Å². The van der Waals surface area contributed by atoms with Crippen LogP contribution in [-0.2, 0) is 6.42 Å². The highest BCUT2D eigenvalue weighted by atomic mass is 35.5. The van der Waals surface area contributed by atoms with Crippen molar-refractivity contribution >= 4 is 11.6 Å². The van der Waals surface area contributed by atoms with Crippen LogP contribution in [0, 0.1) is 11.3 Å². The van der Waals surface area contributed by atoms with E-state index in [-0.39, 0.29) is 5.38 Å². The summed E-state index contributed by atoms with van der Waals surface area (Å²) in [5, 5.41) is 0.131. The highest BCUT2D eigenvalue weighted by molar-refractivity contribution is 6.21. The van der Waals surface area contributed by atoms with E-state index in [1.54, 1.807) is 0 Å². The Morgan fingerprint density at radius 2 is 2.10 bits per heavy atom. The molecule has 3 atom stereocenters. The molecule has 1 fully saturated rings. The summed E-state index contributed by atoms with van der Waals surface area (Å²) in [4.78, 5) is 0. The summed E-state index contributed by atoms with van der Waals surface area (Å²) < 4.78 is 5.78. The van der Waals surface area contributed by atoms with Crippen LogP contribution in [-0.4, -0.2) is 6.10 Å². The van der Waals surface area contributed by atoms with E-state index in [2.05, 4.69) is 39.0 Å². The van der Waals surface area contributed by atoms with Crippen LogP contribution in [0.2, 0.25) is 0 Å². The van der Waals surface area contributed by atoms with Gasteiger partial charge in [0, 0.05) is 6.42 Å². The first-order chi connectivity index (χ1) is 9.47. The third-order valence-electron chi connectivity index (χ3n) is 5.18. The number of halogens is 1. The highest BCUT2D eigenvalue weighted by Crippen LogP contribution is 2.49. The fourth-order valence-corrected chi connectivity index (χ4v) is 4.51. The van der Waals surface area contributed by atoms with Crippen molar-refractivity contribution in [2.45, 2.75) is 64.4 Å².